The lowest BCUT2D eigenvalue weighted by molar-refractivity contribution is 0.183. The third-order valence-corrected chi connectivity index (χ3v) is 4.92. The van der Waals surface area contributed by atoms with Gasteiger partial charge in [-0.3, -0.25) is 4.68 Å². The van der Waals surface area contributed by atoms with Gasteiger partial charge in [-0.2, -0.15) is 5.10 Å². The molecule has 146 valence electrons. The molecular weight excluding hydrogens is 354 g/mol. The maximum Gasteiger partial charge on any atom is 0.315 e. The first-order valence-electron chi connectivity index (χ1n) is 9.04. The number of aromatic nitrogens is 2. The third-order valence-electron chi connectivity index (χ3n) is 4.92. The highest BCUT2D eigenvalue weighted by Gasteiger charge is 2.39. The molecule has 3 rings (SSSR count). The number of hydrogen-bond donors (Lipinski definition) is 2. The first-order chi connectivity index (χ1) is 13.0. The Kier molecular flexibility index (Phi) is 6.05. The van der Waals surface area contributed by atoms with Gasteiger partial charge in [0.25, 0.3) is 0 Å². The number of benzene rings is 1. The van der Waals surface area contributed by atoms with Gasteiger partial charge in [-0.1, -0.05) is 18.9 Å². The molecule has 27 heavy (non-hydrogen) atoms. The van der Waals surface area contributed by atoms with Crippen LogP contribution in [0.2, 0.25) is 0 Å². The molecule has 0 atom stereocenters. The van der Waals surface area contributed by atoms with Crippen LogP contribution in [0.25, 0.3) is 0 Å². The molecule has 2 N–H and O–H groups in total. The summed E-state index contributed by atoms with van der Waals surface area (Å²) >= 11 is 0. The van der Waals surface area contributed by atoms with Crippen molar-refractivity contribution in [3.05, 3.63) is 53.4 Å². The highest BCUT2D eigenvalue weighted by atomic mass is 19.1. The van der Waals surface area contributed by atoms with Crippen LogP contribution < -0.4 is 10.6 Å². The van der Waals surface area contributed by atoms with E-state index in [2.05, 4.69) is 15.7 Å². The molecule has 0 aliphatic heterocycles. The standard InChI is InChI=1S/C19H24F2N4O2/c1-27-9-8-25-13-14(12-23-25)11-22-18(26)24-19(6-2-3-7-19)16-5-4-15(20)10-17(16)21/h4-5,10,12-13H,2-3,6-9,11H2,1H3,(H2,22,24,26). The van der Waals surface area contributed by atoms with Gasteiger partial charge >= 0.3 is 6.03 Å². The zero-order valence-corrected chi connectivity index (χ0v) is 15.3. The molecule has 2 amide bonds. The SMILES string of the molecule is COCCn1cc(CNC(=O)NC2(c3ccc(F)cc3F)CCCC2)cn1. The molecule has 1 aliphatic carbocycles. The average molecular weight is 378 g/mol. The molecule has 0 bridgehead atoms. The van der Waals surface area contributed by atoms with E-state index < -0.39 is 17.2 Å². The fourth-order valence-electron chi connectivity index (χ4n) is 3.57. The molecule has 1 aromatic heterocycles. The summed E-state index contributed by atoms with van der Waals surface area (Å²) in [5.41, 5.74) is 0.392. The van der Waals surface area contributed by atoms with Crippen molar-refractivity contribution in [3.8, 4) is 0 Å². The molecular formula is C19H24F2N4O2. The van der Waals surface area contributed by atoms with Crippen molar-refractivity contribution >= 4 is 6.03 Å². The van der Waals surface area contributed by atoms with E-state index in [1.165, 1.54) is 12.1 Å². The average Bonchev–Trinajstić information content (AvgIpc) is 3.28. The van der Waals surface area contributed by atoms with E-state index in [0.717, 1.165) is 24.5 Å². The van der Waals surface area contributed by atoms with Gasteiger partial charge in [0.2, 0.25) is 0 Å². The monoisotopic (exact) mass is 378 g/mol. The summed E-state index contributed by atoms with van der Waals surface area (Å²) in [5.74, 6) is -1.25. The van der Waals surface area contributed by atoms with Gasteiger partial charge in [-0.25, -0.2) is 13.6 Å². The molecule has 0 spiro atoms. The van der Waals surface area contributed by atoms with Crippen molar-refractivity contribution in [2.75, 3.05) is 13.7 Å². The lowest BCUT2D eigenvalue weighted by atomic mass is 9.87. The van der Waals surface area contributed by atoms with Crippen molar-refractivity contribution in [1.29, 1.82) is 0 Å². The number of halogens is 2. The highest BCUT2D eigenvalue weighted by Crippen LogP contribution is 2.40. The topological polar surface area (TPSA) is 68.2 Å². The highest BCUT2D eigenvalue weighted by molar-refractivity contribution is 5.75. The van der Waals surface area contributed by atoms with Crippen LogP contribution >= 0.6 is 0 Å². The molecule has 0 saturated heterocycles. The number of amides is 2. The van der Waals surface area contributed by atoms with Crippen LogP contribution in [0.4, 0.5) is 13.6 Å². The van der Waals surface area contributed by atoms with Crippen LogP contribution in [0.15, 0.2) is 30.6 Å². The molecule has 1 aliphatic rings. The third kappa shape index (κ3) is 4.63. The van der Waals surface area contributed by atoms with E-state index in [-0.39, 0.29) is 6.03 Å². The predicted octanol–water partition coefficient (Wildman–Crippen LogP) is 3.08. The Morgan fingerprint density at radius 3 is 2.81 bits per heavy atom. The van der Waals surface area contributed by atoms with Crippen LogP contribution in [0, 0.1) is 11.6 Å². The van der Waals surface area contributed by atoms with Gasteiger partial charge in [-0.15, -0.1) is 0 Å². The number of carbonyl (C=O) groups excluding carboxylic acids is 1. The molecule has 1 heterocycles. The smallest absolute Gasteiger partial charge is 0.315 e. The summed E-state index contributed by atoms with van der Waals surface area (Å²) in [7, 11) is 1.62. The van der Waals surface area contributed by atoms with E-state index in [1.54, 1.807) is 18.0 Å². The van der Waals surface area contributed by atoms with Crippen LogP contribution in [0.1, 0.15) is 36.8 Å². The summed E-state index contributed by atoms with van der Waals surface area (Å²) in [6, 6.07) is 3.14. The summed E-state index contributed by atoms with van der Waals surface area (Å²) in [6.45, 7) is 1.50. The van der Waals surface area contributed by atoms with E-state index in [4.69, 9.17) is 4.74 Å². The lowest BCUT2D eigenvalue weighted by Gasteiger charge is -2.31. The largest absolute Gasteiger partial charge is 0.383 e. The molecule has 8 heteroatoms. The van der Waals surface area contributed by atoms with Gasteiger partial charge in [0, 0.05) is 37.0 Å². The Morgan fingerprint density at radius 2 is 2.11 bits per heavy atom. The molecule has 1 saturated carbocycles. The van der Waals surface area contributed by atoms with Crippen LogP contribution in [-0.4, -0.2) is 29.5 Å². The lowest BCUT2D eigenvalue weighted by Crippen LogP contribution is -2.48. The number of ether oxygens (including phenoxy) is 1. The quantitative estimate of drug-likeness (QED) is 0.778. The Bertz CT molecular complexity index is 788. The van der Waals surface area contributed by atoms with Crippen LogP contribution in [0.3, 0.4) is 0 Å². The zero-order chi connectivity index (χ0) is 19.3. The zero-order valence-electron chi connectivity index (χ0n) is 15.3. The van der Waals surface area contributed by atoms with Crippen LogP contribution in [-0.2, 0) is 23.4 Å². The Morgan fingerprint density at radius 1 is 1.33 bits per heavy atom. The number of nitrogens with zero attached hydrogens (tertiary/aromatic N) is 2. The maximum atomic E-state index is 14.3. The first kappa shape index (κ1) is 19.3. The number of rotatable bonds is 7. The second-order valence-corrected chi connectivity index (χ2v) is 6.83. The number of methoxy groups -OCH3 is 1. The normalized spacial score (nSPS) is 15.7. The van der Waals surface area contributed by atoms with Gasteiger partial charge in [0.15, 0.2) is 0 Å². The second kappa shape index (κ2) is 8.47. The van der Waals surface area contributed by atoms with Gasteiger partial charge in [0.1, 0.15) is 11.6 Å². The number of carbonyl (C=O) groups is 1. The summed E-state index contributed by atoms with van der Waals surface area (Å²) < 4.78 is 34.3. The Balaban J connectivity index is 1.63. The Labute approximate surface area is 156 Å². The molecule has 2 aromatic rings. The minimum absolute atomic E-state index is 0.306. The number of urea groups is 1. The van der Waals surface area contributed by atoms with E-state index in [9.17, 15) is 13.6 Å². The van der Waals surface area contributed by atoms with Gasteiger partial charge in [0.05, 0.1) is 24.9 Å². The van der Waals surface area contributed by atoms with Gasteiger partial charge in [-0.05, 0) is 18.9 Å². The van der Waals surface area contributed by atoms with E-state index >= 15 is 0 Å². The van der Waals surface area contributed by atoms with E-state index in [0.29, 0.717) is 38.1 Å². The molecule has 0 unspecified atom stereocenters. The summed E-state index contributed by atoms with van der Waals surface area (Å²) in [4.78, 5) is 12.4. The minimum atomic E-state index is -0.801. The Hall–Kier alpha value is -2.48. The first-order valence-corrected chi connectivity index (χ1v) is 9.04. The molecule has 0 radical (unpaired) electrons. The van der Waals surface area contributed by atoms with Crippen molar-refractivity contribution in [1.82, 2.24) is 20.4 Å². The molecule has 1 fully saturated rings. The minimum Gasteiger partial charge on any atom is -0.383 e. The molecule has 6 nitrogen and oxygen atoms in total. The fraction of sp³-hybridized carbons (Fsp3) is 0.474. The summed E-state index contributed by atoms with van der Waals surface area (Å²) in [6.07, 6.45) is 6.52. The van der Waals surface area contributed by atoms with Crippen molar-refractivity contribution in [2.45, 2.75) is 44.3 Å². The van der Waals surface area contributed by atoms with Crippen molar-refractivity contribution in [3.63, 3.8) is 0 Å². The predicted molar refractivity (Wildman–Crippen MR) is 96.0 cm³/mol. The van der Waals surface area contributed by atoms with Crippen LogP contribution in [0.5, 0.6) is 0 Å². The maximum absolute atomic E-state index is 14.3. The van der Waals surface area contributed by atoms with Crippen molar-refractivity contribution < 1.29 is 18.3 Å². The molecule has 1 aromatic carbocycles. The van der Waals surface area contributed by atoms with Crippen molar-refractivity contribution in [2.24, 2.45) is 0 Å². The second-order valence-electron chi connectivity index (χ2n) is 6.83. The number of nitrogens with one attached hydrogen (secondary N) is 2. The number of hydrogen-bond acceptors (Lipinski definition) is 3. The van der Waals surface area contributed by atoms with Gasteiger partial charge < -0.3 is 15.4 Å². The summed E-state index contributed by atoms with van der Waals surface area (Å²) in [5, 5.41) is 9.91. The van der Waals surface area contributed by atoms with E-state index in [1.807, 2.05) is 6.20 Å². The fourth-order valence-corrected chi connectivity index (χ4v) is 3.57.